The molecule has 0 bridgehead atoms. The van der Waals surface area contributed by atoms with Crippen LogP contribution in [0.25, 0.3) is 0 Å². The molecule has 54 valence electrons. The summed E-state index contributed by atoms with van der Waals surface area (Å²) in [7, 11) is 1.44. The Kier molecular flexibility index (Phi) is 1.45. The van der Waals surface area contributed by atoms with Crippen LogP contribution in [0.2, 0.25) is 0 Å². The van der Waals surface area contributed by atoms with Crippen LogP contribution in [-0.4, -0.2) is 9.55 Å². The standard InChI is InChI=1S/C6H8N2O2/c1-4-3-7-6(10)8(2)5(4)9/h3H,1-2H3,(H,7,10). The summed E-state index contributed by atoms with van der Waals surface area (Å²) in [4.78, 5) is 24.0. The number of nitrogens with one attached hydrogen (secondary N) is 1. The SMILES string of the molecule is Cc1c[nH]c(=O)n(C)c1=O. The van der Waals surface area contributed by atoms with Crippen molar-refractivity contribution in [3.63, 3.8) is 0 Å². The second-order valence-electron chi connectivity index (χ2n) is 2.14. The molecule has 4 nitrogen and oxygen atoms in total. The molecule has 1 heterocycles. The molecule has 0 fully saturated rings. The fourth-order valence-electron chi connectivity index (χ4n) is 0.685. The lowest BCUT2D eigenvalue weighted by atomic mass is 10.4. The van der Waals surface area contributed by atoms with Crippen LogP contribution in [0.4, 0.5) is 0 Å². The minimum Gasteiger partial charge on any atom is -0.314 e. The van der Waals surface area contributed by atoms with Gasteiger partial charge in [-0.15, -0.1) is 0 Å². The average molecular weight is 140 g/mol. The number of hydrogen-bond acceptors (Lipinski definition) is 2. The molecule has 0 unspecified atom stereocenters. The van der Waals surface area contributed by atoms with Gasteiger partial charge in [-0.25, -0.2) is 4.79 Å². The van der Waals surface area contributed by atoms with Gasteiger partial charge in [0.25, 0.3) is 5.56 Å². The first-order chi connectivity index (χ1) is 4.63. The van der Waals surface area contributed by atoms with Crippen LogP contribution in [0.3, 0.4) is 0 Å². The maximum absolute atomic E-state index is 10.9. The van der Waals surface area contributed by atoms with E-state index in [0.29, 0.717) is 5.56 Å². The third-order valence-electron chi connectivity index (χ3n) is 1.36. The van der Waals surface area contributed by atoms with E-state index in [1.54, 1.807) is 6.92 Å². The first-order valence-corrected chi connectivity index (χ1v) is 2.88. The number of H-pyrrole nitrogens is 1. The number of aromatic amines is 1. The van der Waals surface area contributed by atoms with Gasteiger partial charge in [-0.05, 0) is 6.92 Å². The lowest BCUT2D eigenvalue weighted by molar-refractivity contribution is 0.765. The molecule has 0 aromatic carbocycles. The van der Waals surface area contributed by atoms with Crippen LogP contribution in [0, 0.1) is 6.92 Å². The normalized spacial score (nSPS) is 9.80. The fraction of sp³-hybridized carbons (Fsp3) is 0.333. The van der Waals surface area contributed by atoms with Gasteiger partial charge < -0.3 is 4.98 Å². The molecule has 1 aromatic rings. The molecule has 0 aliphatic rings. The summed E-state index contributed by atoms with van der Waals surface area (Å²) in [5.41, 5.74) is -0.0820. The first-order valence-electron chi connectivity index (χ1n) is 2.88. The Bertz CT molecular complexity index is 348. The maximum Gasteiger partial charge on any atom is 0.328 e. The summed E-state index contributed by atoms with van der Waals surface area (Å²) < 4.78 is 1.04. The van der Waals surface area contributed by atoms with E-state index in [-0.39, 0.29) is 11.2 Å². The molecule has 0 amide bonds. The number of rotatable bonds is 0. The highest BCUT2D eigenvalue weighted by Crippen LogP contribution is 1.75. The minimum absolute atomic E-state index is 0.247. The quantitative estimate of drug-likeness (QED) is 0.522. The zero-order valence-corrected chi connectivity index (χ0v) is 5.84. The molecule has 0 spiro atoms. The third kappa shape index (κ3) is 0.877. The van der Waals surface area contributed by atoms with E-state index in [1.807, 2.05) is 0 Å². The topological polar surface area (TPSA) is 54.9 Å². The van der Waals surface area contributed by atoms with Crippen LogP contribution in [0.5, 0.6) is 0 Å². The van der Waals surface area contributed by atoms with Crippen molar-refractivity contribution in [1.82, 2.24) is 9.55 Å². The summed E-state index contributed by atoms with van der Waals surface area (Å²) in [6.45, 7) is 1.65. The molecule has 1 aromatic heterocycles. The van der Waals surface area contributed by atoms with Crippen LogP contribution < -0.4 is 11.2 Å². The highest BCUT2D eigenvalue weighted by Gasteiger charge is 1.96. The van der Waals surface area contributed by atoms with E-state index in [0.717, 1.165) is 4.57 Å². The lowest BCUT2D eigenvalue weighted by Gasteiger charge is -1.94. The van der Waals surface area contributed by atoms with Gasteiger partial charge in [0.1, 0.15) is 0 Å². The van der Waals surface area contributed by atoms with Gasteiger partial charge in [0, 0.05) is 18.8 Å². The van der Waals surface area contributed by atoms with Crippen molar-refractivity contribution in [2.75, 3.05) is 0 Å². The summed E-state index contributed by atoms with van der Waals surface area (Å²) in [6.07, 6.45) is 1.41. The third-order valence-corrected chi connectivity index (χ3v) is 1.36. The Hall–Kier alpha value is -1.32. The zero-order valence-electron chi connectivity index (χ0n) is 5.84. The molecule has 4 heteroatoms. The van der Waals surface area contributed by atoms with E-state index in [9.17, 15) is 9.59 Å². The van der Waals surface area contributed by atoms with E-state index >= 15 is 0 Å². The molecule has 0 radical (unpaired) electrons. The van der Waals surface area contributed by atoms with Crippen molar-refractivity contribution in [2.45, 2.75) is 6.92 Å². The fourth-order valence-corrected chi connectivity index (χ4v) is 0.685. The van der Waals surface area contributed by atoms with Gasteiger partial charge in [-0.2, -0.15) is 0 Å². The monoisotopic (exact) mass is 140 g/mol. The van der Waals surface area contributed by atoms with E-state index in [1.165, 1.54) is 13.2 Å². The largest absolute Gasteiger partial charge is 0.328 e. The van der Waals surface area contributed by atoms with Crippen molar-refractivity contribution in [3.8, 4) is 0 Å². The molecular weight excluding hydrogens is 132 g/mol. The number of hydrogen-bond donors (Lipinski definition) is 1. The smallest absolute Gasteiger partial charge is 0.314 e. The van der Waals surface area contributed by atoms with Crippen LogP contribution >= 0.6 is 0 Å². The number of aromatic nitrogens is 2. The molecule has 0 aliphatic heterocycles. The maximum atomic E-state index is 10.9. The van der Waals surface area contributed by atoms with Gasteiger partial charge in [0.2, 0.25) is 0 Å². The van der Waals surface area contributed by atoms with Gasteiger partial charge in [-0.1, -0.05) is 0 Å². The van der Waals surface area contributed by atoms with Gasteiger partial charge in [-0.3, -0.25) is 9.36 Å². The Morgan fingerprint density at radius 1 is 1.50 bits per heavy atom. The molecule has 1 N–H and O–H groups in total. The van der Waals surface area contributed by atoms with Gasteiger partial charge in [0.15, 0.2) is 0 Å². The van der Waals surface area contributed by atoms with Crippen molar-refractivity contribution < 1.29 is 0 Å². The molecule has 0 aliphatic carbocycles. The van der Waals surface area contributed by atoms with Crippen molar-refractivity contribution in [1.29, 1.82) is 0 Å². The average Bonchev–Trinajstić information content (AvgIpc) is 1.93. The summed E-state index contributed by atoms with van der Waals surface area (Å²) in [5, 5.41) is 0. The second-order valence-corrected chi connectivity index (χ2v) is 2.14. The molecule has 0 saturated carbocycles. The zero-order chi connectivity index (χ0) is 7.72. The van der Waals surface area contributed by atoms with Crippen molar-refractivity contribution >= 4 is 0 Å². The highest BCUT2D eigenvalue weighted by molar-refractivity contribution is 4.99. The van der Waals surface area contributed by atoms with Gasteiger partial charge in [0.05, 0.1) is 0 Å². The van der Waals surface area contributed by atoms with Crippen molar-refractivity contribution in [3.05, 3.63) is 32.6 Å². The highest BCUT2D eigenvalue weighted by atomic mass is 16.2. The molecule has 0 saturated heterocycles. The Labute approximate surface area is 57.1 Å². The second kappa shape index (κ2) is 2.13. The van der Waals surface area contributed by atoms with Crippen LogP contribution in [-0.2, 0) is 7.05 Å². The predicted molar refractivity (Wildman–Crippen MR) is 37.0 cm³/mol. The molecule has 1 rings (SSSR count). The van der Waals surface area contributed by atoms with E-state index in [2.05, 4.69) is 4.98 Å². The minimum atomic E-state index is -0.379. The molecular formula is C6H8N2O2. The molecule has 10 heavy (non-hydrogen) atoms. The first kappa shape index (κ1) is 6.80. The number of aryl methyl sites for hydroxylation is 1. The van der Waals surface area contributed by atoms with Crippen LogP contribution in [0.15, 0.2) is 15.8 Å². The Morgan fingerprint density at radius 2 is 2.10 bits per heavy atom. The Balaban J connectivity index is 3.66. The molecule has 0 atom stereocenters. The van der Waals surface area contributed by atoms with Crippen molar-refractivity contribution in [2.24, 2.45) is 7.05 Å². The van der Waals surface area contributed by atoms with E-state index in [4.69, 9.17) is 0 Å². The van der Waals surface area contributed by atoms with E-state index < -0.39 is 0 Å². The van der Waals surface area contributed by atoms with Gasteiger partial charge >= 0.3 is 5.69 Å². The summed E-state index contributed by atoms with van der Waals surface area (Å²) in [6, 6.07) is 0. The number of nitrogens with zero attached hydrogens (tertiary/aromatic N) is 1. The Morgan fingerprint density at radius 3 is 2.60 bits per heavy atom. The summed E-state index contributed by atoms with van der Waals surface area (Å²) in [5.74, 6) is 0. The summed E-state index contributed by atoms with van der Waals surface area (Å²) >= 11 is 0. The predicted octanol–water partition coefficient (Wildman–Crippen LogP) is -0.618. The lowest BCUT2D eigenvalue weighted by Crippen LogP contribution is -2.33. The van der Waals surface area contributed by atoms with Crippen LogP contribution in [0.1, 0.15) is 5.56 Å².